The number of hydrogen-bond acceptors (Lipinski definition) is 2. The van der Waals surface area contributed by atoms with Crippen LogP contribution in [0.2, 0.25) is 0 Å². The molecule has 0 N–H and O–H groups in total. The largest absolute Gasteiger partial charge is 0.462 e. The quantitative estimate of drug-likeness (QED) is 0.191. The van der Waals surface area contributed by atoms with Crippen molar-refractivity contribution in [3.63, 3.8) is 0 Å². The number of alkyl halides is 3. The second kappa shape index (κ2) is 9.45. The topological polar surface area (TPSA) is 26.3 Å². The molecule has 0 radical (unpaired) electrons. The predicted octanol–water partition coefficient (Wildman–Crippen LogP) is 8.37. The first kappa shape index (κ1) is 26.6. The van der Waals surface area contributed by atoms with Gasteiger partial charge in [-0.05, 0) is 81.0 Å². The fourth-order valence-corrected chi connectivity index (χ4v) is 10.0. The maximum Gasteiger partial charge on any atom is 0.302 e. The second-order valence-corrected chi connectivity index (χ2v) is 14.2. The van der Waals surface area contributed by atoms with Gasteiger partial charge >= 0.3 is 5.97 Å². The van der Waals surface area contributed by atoms with Gasteiger partial charge in [0.1, 0.15) is 17.9 Å². The molecule has 10 atom stereocenters. The molecule has 4 rings (SSSR count). The highest BCUT2D eigenvalue weighted by Gasteiger charge is 2.63. The molecule has 194 valence electrons. The molecule has 0 amide bonds. The summed E-state index contributed by atoms with van der Waals surface area (Å²) in [5.41, 5.74) is 0.0807. The van der Waals surface area contributed by atoms with Crippen LogP contribution in [-0.2, 0) is 9.53 Å². The molecule has 0 aliphatic heterocycles. The van der Waals surface area contributed by atoms with E-state index in [-0.39, 0.29) is 27.7 Å². The van der Waals surface area contributed by atoms with Crippen LogP contribution in [0.25, 0.3) is 0 Å². The van der Waals surface area contributed by atoms with Gasteiger partial charge in [-0.3, -0.25) is 4.79 Å². The molecule has 0 spiro atoms. The van der Waals surface area contributed by atoms with Gasteiger partial charge < -0.3 is 4.74 Å². The van der Waals surface area contributed by atoms with Crippen LogP contribution in [0.5, 0.6) is 0 Å². The zero-order valence-electron chi connectivity index (χ0n) is 22.0. The lowest BCUT2D eigenvalue weighted by atomic mass is 9.46. The summed E-state index contributed by atoms with van der Waals surface area (Å²) in [6.07, 6.45) is 9.18. The van der Waals surface area contributed by atoms with Crippen molar-refractivity contribution in [2.45, 2.75) is 122 Å². The van der Waals surface area contributed by atoms with Gasteiger partial charge in [-0.2, -0.15) is 0 Å². The lowest BCUT2D eigenvalue weighted by Crippen LogP contribution is -2.58. The molecule has 4 aliphatic carbocycles. The molecule has 5 heteroatoms. The minimum Gasteiger partial charge on any atom is -0.462 e. The van der Waals surface area contributed by atoms with Crippen molar-refractivity contribution < 1.29 is 18.3 Å². The molecule has 1 unspecified atom stereocenters. The molecule has 0 aromatic rings. The number of fused-ring (bicyclic) bond motifs is 5. The van der Waals surface area contributed by atoms with Crippen LogP contribution in [0.4, 0.5) is 8.78 Å². The summed E-state index contributed by atoms with van der Waals surface area (Å²) in [4.78, 5) is 12.2. The van der Waals surface area contributed by atoms with E-state index < -0.39 is 11.8 Å². The Bertz CT molecular complexity index is 806. The van der Waals surface area contributed by atoms with Crippen LogP contribution < -0.4 is 0 Å². The van der Waals surface area contributed by atoms with Gasteiger partial charge in [0, 0.05) is 30.0 Å². The van der Waals surface area contributed by atoms with Crippen LogP contribution >= 0.6 is 15.9 Å². The van der Waals surface area contributed by atoms with Crippen molar-refractivity contribution in [3.05, 3.63) is 11.6 Å². The van der Waals surface area contributed by atoms with Crippen LogP contribution in [0.15, 0.2) is 11.6 Å². The Morgan fingerprint density at radius 2 is 1.97 bits per heavy atom. The molecule has 0 saturated heterocycles. The van der Waals surface area contributed by atoms with E-state index in [1.807, 2.05) is 0 Å². The Hall–Kier alpha value is -0.450. The van der Waals surface area contributed by atoms with Crippen molar-refractivity contribution >= 4 is 21.9 Å². The number of ether oxygens (including phenoxy) is 1. The van der Waals surface area contributed by atoms with Crippen molar-refractivity contribution in [2.24, 2.45) is 40.4 Å². The van der Waals surface area contributed by atoms with Gasteiger partial charge in [0.05, 0.1) is 0 Å². The number of esters is 1. The van der Waals surface area contributed by atoms with Crippen molar-refractivity contribution in [1.82, 2.24) is 0 Å². The zero-order valence-corrected chi connectivity index (χ0v) is 23.6. The van der Waals surface area contributed by atoms with E-state index in [1.54, 1.807) is 13.8 Å². The molecule has 2 nitrogen and oxygen atoms in total. The van der Waals surface area contributed by atoms with E-state index in [0.717, 1.165) is 24.8 Å². The minimum atomic E-state index is -1.08. The Morgan fingerprint density at radius 1 is 1.26 bits per heavy atom. The van der Waals surface area contributed by atoms with E-state index in [2.05, 4.69) is 42.8 Å². The summed E-state index contributed by atoms with van der Waals surface area (Å²) in [5.74, 6) is 2.45. The molecular weight excluding hydrogens is 498 g/mol. The van der Waals surface area contributed by atoms with Crippen molar-refractivity contribution in [1.29, 1.82) is 0 Å². The summed E-state index contributed by atoms with van der Waals surface area (Å²) in [7, 11) is 0. The zero-order chi connectivity index (χ0) is 25.1. The molecular formula is C29H45BrF2O2. The first-order valence-corrected chi connectivity index (χ1v) is 14.5. The molecule has 34 heavy (non-hydrogen) atoms. The average molecular weight is 544 g/mol. The summed E-state index contributed by atoms with van der Waals surface area (Å²) < 4.78 is 34.5. The van der Waals surface area contributed by atoms with Gasteiger partial charge in [0.15, 0.2) is 0 Å². The maximum absolute atomic E-state index is 14.7. The van der Waals surface area contributed by atoms with Gasteiger partial charge in [-0.1, -0.05) is 61.2 Å². The number of carbonyl (C=O) groups is 1. The van der Waals surface area contributed by atoms with E-state index in [0.29, 0.717) is 48.9 Å². The van der Waals surface area contributed by atoms with Gasteiger partial charge in [-0.25, -0.2) is 8.78 Å². The number of allylic oxidation sites excluding steroid dienone is 1. The van der Waals surface area contributed by atoms with E-state index in [9.17, 15) is 13.6 Å². The van der Waals surface area contributed by atoms with Crippen LogP contribution in [-0.4, -0.2) is 28.7 Å². The van der Waals surface area contributed by atoms with E-state index in [4.69, 9.17) is 4.74 Å². The fraction of sp³-hybridized carbons (Fsp3) is 0.897. The summed E-state index contributed by atoms with van der Waals surface area (Å²) in [6, 6.07) is 0. The SMILES string of the molecule is CC(=O)O[C@H]1C[C@H](F)CC2=CC(Br)[C@H]3[C@@H]4CC[C@H]([C@H](C)CCCC(C)(C)F)[C@@]4(C)CC[C@@H]3[C@]21C. The first-order valence-electron chi connectivity index (χ1n) is 13.6. The minimum absolute atomic E-state index is 0.245. The molecule has 0 bridgehead atoms. The molecule has 0 heterocycles. The maximum atomic E-state index is 14.7. The monoisotopic (exact) mass is 542 g/mol. The van der Waals surface area contributed by atoms with E-state index in [1.165, 1.54) is 26.2 Å². The highest BCUT2D eigenvalue weighted by molar-refractivity contribution is 9.09. The summed E-state index contributed by atoms with van der Waals surface area (Å²) in [6.45, 7) is 12.0. The predicted molar refractivity (Wildman–Crippen MR) is 137 cm³/mol. The average Bonchev–Trinajstić information content (AvgIpc) is 3.05. The van der Waals surface area contributed by atoms with Crippen LogP contribution in [0.1, 0.15) is 99.3 Å². The molecule has 4 aliphatic rings. The van der Waals surface area contributed by atoms with Crippen LogP contribution in [0, 0.1) is 40.4 Å². The van der Waals surface area contributed by atoms with Crippen molar-refractivity contribution in [2.75, 3.05) is 0 Å². The third kappa shape index (κ3) is 4.65. The Labute approximate surface area is 214 Å². The highest BCUT2D eigenvalue weighted by atomic mass is 79.9. The Kier molecular flexibility index (Phi) is 7.40. The smallest absolute Gasteiger partial charge is 0.302 e. The van der Waals surface area contributed by atoms with Crippen molar-refractivity contribution in [3.8, 4) is 0 Å². The van der Waals surface area contributed by atoms with E-state index >= 15 is 0 Å². The third-order valence-electron chi connectivity index (χ3n) is 10.6. The second-order valence-electron chi connectivity index (χ2n) is 13.2. The molecule has 3 saturated carbocycles. The third-order valence-corrected chi connectivity index (χ3v) is 11.5. The standard InChI is InChI=1S/C29H45BrF2O2/c1-17(8-7-12-27(3,4)32)21-9-10-22-26-23(11-13-28(21,22)5)29(6)19(15-24(26)30)14-20(31)16-25(29)34-18(2)33/h15,17,20-26H,7-14,16H2,1-6H3/t17-,20-,21-,22+,23+,24?,25+,26+,28-,29+/m1/s1. The van der Waals surface area contributed by atoms with Gasteiger partial charge in [-0.15, -0.1) is 0 Å². The number of carbonyl (C=O) groups excluding carboxylic acids is 1. The molecule has 3 fully saturated rings. The lowest BCUT2D eigenvalue weighted by molar-refractivity contribution is -0.164. The number of hydrogen-bond donors (Lipinski definition) is 0. The first-order chi connectivity index (χ1) is 15.8. The number of rotatable bonds is 6. The summed E-state index contributed by atoms with van der Waals surface area (Å²) >= 11 is 4.04. The molecule has 0 aromatic carbocycles. The van der Waals surface area contributed by atoms with Gasteiger partial charge in [0.25, 0.3) is 0 Å². The Balaban J connectivity index is 1.58. The summed E-state index contributed by atoms with van der Waals surface area (Å²) in [5, 5.41) is 0. The molecule has 0 aromatic heterocycles. The highest BCUT2D eigenvalue weighted by Crippen LogP contribution is 2.68. The van der Waals surface area contributed by atoms with Crippen LogP contribution in [0.3, 0.4) is 0 Å². The Morgan fingerprint density at radius 3 is 2.62 bits per heavy atom. The number of halogens is 3. The fourth-order valence-electron chi connectivity index (χ4n) is 8.98. The normalized spacial score (nSPS) is 45.0. The lowest BCUT2D eigenvalue weighted by Gasteiger charge is -2.60. The van der Waals surface area contributed by atoms with Gasteiger partial charge in [0.2, 0.25) is 0 Å².